The Morgan fingerprint density at radius 2 is 1.85 bits per heavy atom. The number of hydrogen-bond acceptors (Lipinski definition) is 2. The molecule has 0 heterocycles. The van der Waals surface area contributed by atoms with Crippen LogP contribution in [0.4, 0.5) is 5.69 Å². The van der Waals surface area contributed by atoms with Crippen LogP contribution in [-0.4, -0.2) is 17.9 Å². The Labute approximate surface area is 135 Å². The van der Waals surface area contributed by atoms with Gasteiger partial charge in [-0.15, -0.1) is 0 Å². The number of halogens is 2. The highest BCUT2D eigenvalue weighted by Crippen LogP contribution is 2.23. The van der Waals surface area contributed by atoms with Crippen molar-refractivity contribution in [1.82, 2.24) is 4.90 Å². The van der Waals surface area contributed by atoms with Gasteiger partial charge >= 0.3 is 0 Å². The molecule has 0 aromatic heterocycles. The molecule has 0 radical (unpaired) electrons. The lowest BCUT2D eigenvalue weighted by Crippen LogP contribution is -2.26. The highest BCUT2D eigenvalue weighted by atomic mass is 79.9. The third-order valence-electron chi connectivity index (χ3n) is 2.93. The fraction of sp³-hybridized carbons (Fsp3) is 0.133. The predicted molar refractivity (Wildman–Crippen MR) is 88.5 cm³/mol. The van der Waals surface area contributed by atoms with E-state index in [9.17, 15) is 4.79 Å². The molecule has 1 amide bonds. The third kappa shape index (κ3) is 3.41. The number of amides is 1. The van der Waals surface area contributed by atoms with Crippen LogP contribution in [0, 0.1) is 0 Å². The van der Waals surface area contributed by atoms with Crippen LogP contribution in [0.15, 0.2) is 51.4 Å². The van der Waals surface area contributed by atoms with Crippen molar-refractivity contribution in [2.24, 2.45) is 0 Å². The fourth-order valence-corrected chi connectivity index (χ4v) is 2.69. The van der Waals surface area contributed by atoms with Gasteiger partial charge in [0.1, 0.15) is 0 Å². The Bertz CT molecular complexity index is 644. The van der Waals surface area contributed by atoms with Gasteiger partial charge in [0.05, 0.1) is 5.56 Å². The van der Waals surface area contributed by atoms with Gasteiger partial charge in [-0.05, 0) is 45.8 Å². The largest absolute Gasteiger partial charge is 0.399 e. The summed E-state index contributed by atoms with van der Waals surface area (Å²) in [6.45, 7) is 0.529. The molecule has 0 aliphatic rings. The molecule has 2 N–H and O–H groups in total. The molecule has 2 aromatic rings. The monoisotopic (exact) mass is 396 g/mol. The summed E-state index contributed by atoms with van der Waals surface area (Å²) in [5.41, 5.74) is 7.95. The lowest BCUT2D eigenvalue weighted by Gasteiger charge is -2.19. The number of rotatable bonds is 3. The molecule has 0 aliphatic heterocycles. The molecule has 3 nitrogen and oxygen atoms in total. The SMILES string of the molecule is CN(Cc1ccccc1Br)C(=O)c1cc(N)ccc1Br. The first kappa shape index (κ1) is 15.1. The smallest absolute Gasteiger partial charge is 0.255 e. The first-order chi connectivity index (χ1) is 9.49. The van der Waals surface area contributed by atoms with Crippen LogP contribution in [0.2, 0.25) is 0 Å². The number of carbonyl (C=O) groups excluding carboxylic acids is 1. The maximum absolute atomic E-state index is 12.5. The van der Waals surface area contributed by atoms with E-state index in [0.29, 0.717) is 17.8 Å². The van der Waals surface area contributed by atoms with Crippen LogP contribution >= 0.6 is 31.9 Å². The lowest BCUT2D eigenvalue weighted by molar-refractivity contribution is 0.0784. The lowest BCUT2D eigenvalue weighted by atomic mass is 10.1. The van der Waals surface area contributed by atoms with Crippen LogP contribution in [0.25, 0.3) is 0 Å². The maximum atomic E-state index is 12.5. The number of carbonyl (C=O) groups is 1. The Kier molecular flexibility index (Phi) is 4.83. The van der Waals surface area contributed by atoms with Crippen molar-refractivity contribution in [3.05, 3.63) is 62.5 Å². The zero-order valence-corrected chi connectivity index (χ0v) is 14.1. The topological polar surface area (TPSA) is 46.3 Å². The summed E-state index contributed by atoms with van der Waals surface area (Å²) in [6, 6.07) is 13.1. The Morgan fingerprint density at radius 1 is 1.15 bits per heavy atom. The zero-order valence-electron chi connectivity index (χ0n) is 10.9. The standard InChI is InChI=1S/C15H14Br2N2O/c1-19(9-10-4-2-3-5-13(10)16)15(20)12-8-11(18)6-7-14(12)17/h2-8H,9,18H2,1H3. The van der Waals surface area contributed by atoms with Gasteiger partial charge in [0.15, 0.2) is 0 Å². The van der Waals surface area contributed by atoms with E-state index in [1.54, 1.807) is 30.1 Å². The van der Waals surface area contributed by atoms with E-state index in [-0.39, 0.29) is 5.91 Å². The van der Waals surface area contributed by atoms with E-state index >= 15 is 0 Å². The molecular weight excluding hydrogens is 384 g/mol. The molecule has 104 valence electrons. The Morgan fingerprint density at radius 3 is 2.55 bits per heavy atom. The van der Waals surface area contributed by atoms with Crippen molar-refractivity contribution in [3.8, 4) is 0 Å². The average molecular weight is 398 g/mol. The van der Waals surface area contributed by atoms with Gasteiger partial charge in [-0.1, -0.05) is 34.1 Å². The molecule has 5 heteroatoms. The fourth-order valence-electron chi connectivity index (χ4n) is 1.87. The van der Waals surface area contributed by atoms with Gasteiger partial charge in [0, 0.05) is 28.2 Å². The molecule has 0 fully saturated rings. The van der Waals surface area contributed by atoms with Gasteiger partial charge in [-0.3, -0.25) is 4.79 Å². The molecule has 0 bridgehead atoms. The number of anilines is 1. The molecule has 0 saturated heterocycles. The number of benzene rings is 2. The molecule has 2 aromatic carbocycles. The zero-order chi connectivity index (χ0) is 14.7. The first-order valence-corrected chi connectivity index (χ1v) is 7.61. The first-order valence-electron chi connectivity index (χ1n) is 6.03. The third-order valence-corrected chi connectivity index (χ3v) is 4.40. The second-order valence-electron chi connectivity index (χ2n) is 4.49. The van der Waals surface area contributed by atoms with Crippen LogP contribution in [0.3, 0.4) is 0 Å². The molecule has 20 heavy (non-hydrogen) atoms. The highest BCUT2D eigenvalue weighted by molar-refractivity contribution is 9.10. The highest BCUT2D eigenvalue weighted by Gasteiger charge is 2.16. The summed E-state index contributed by atoms with van der Waals surface area (Å²) in [5.74, 6) is -0.0695. The summed E-state index contributed by atoms with van der Waals surface area (Å²) in [5, 5.41) is 0. The minimum atomic E-state index is -0.0695. The van der Waals surface area contributed by atoms with Gasteiger partial charge in [-0.25, -0.2) is 0 Å². The summed E-state index contributed by atoms with van der Waals surface area (Å²) in [7, 11) is 1.78. The molecule has 0 spiro atoms. The molecule has 0 atom stereocenters. The summed E-state index contributed by atoms with van der Waals surface area (Å²) in [6.07, 6.45) is 0. The normalized spacial score (nSPS) is 10.3. The number of nitrogens with two attached hydrogens (primary N) is 1. The van der Waals surface area contributed by atoms with Crippen LogP contribution < -0.4 is 5.73 Å². The number of nitrogens with zero attached hydrogens (tertiary/aromatic N) is 1. The van der Waals surface area contributed by atoms with E-state index in [1.165, 1.54) is 0 Å². The van der Waals surface area contributed by atoms with Crippen LogP contribution in [-0.2, 0) is 6.54 Å². The van der Waals surface area contributed by atoms with E-state index in [0.717, 1.165) is 14.5 Å². The molecule has 2 rings (SSSR count). The van der Waals surface area contributed by atoms with E-state index < -0.39 is 0 Å². The number of hydrogen-bond donors (Lipinski definition) is 1. The molecular formula is C15H14Br2N2O. The summed E-state index contributed by atoms with van der Waals surface area (Å²) < 4.78 is 1.74. The molecule has 0 aliphatic carbocycles. The van der Waals surface area contributed by atoms with Crippen molar-refractivity contribution in [2.45, 2.75) is 6.54 Å². The predicted octanol–water partition coefficient (Wildman–Crippen LogP) is 4.07. The van der Waals surface area contributed by atoms with E-state index in [1.807, 2.05) is 24.3 Å². The second-order valence-corrected chi connectivity index (χ2v) is 6.20. The molecule has 0 saturated carbocycles. The van der Waals surface area contributed by atoms with Crippen LogP contribution in [0.5, 0.6) is 0 Å². The minimum Gasteiger partial charge on any atom is -0.399 e. The Balaban J connectivity index is 2.21. The van der Waals surface area contributed by atoms with Gasteiger partial charge < -0.3 is 10.6 Å². The molecule has 0 unspecified atom stereocenters. The summed E-state index contributed by atoms with van der Waals surface area (Å²) >= 11 is 6.88. The van der Waals surface area contributed by atoms with Crippen molar-refractivity contribution in [2.75, 3.05) is 12.8 Å². The van der Waals surface area contributed by atoms with E-state index in [4.69, 9.17) is 5.73 Å². The van der Waals surface area contributed by atoms with Crippen molar-refractivity contribution >= 4 is 43.5 Å². The van der Waals surface area contributed by atoms with Crippen molar-refractivity contribution < 1.29 is 4.79 Å². The van der Waals surface area contributed by atoms with E-state index in [2.05, 4.69) is 31.9 Å². The summed E-state index contributed by atoms with van der Waals surface area (Å²) in [4.78, 5) is 14.1. The minimum absolute atomic E-state index is 0.0695. The number of nitrogen functional groups attached to an aromatic ring is 1. The van der Waals surface area contributed by atoms with Gasteiger partial charge in [0.2, 0.25) is 0 Å². The average Bonchev–Trinajstić information content (AvgIpc) is 2.43. The second kappa shape index (κ2) is 6.41. The van der Waals surface area contributed by atoms with Gasteiger partial charge in [-0.2, -0.15) is 0 Å². The van der Waals surface area contributed by atoms with Gasteiger partial charge in [0.25, 0.3) is 5.91 Å². The van der Waals surface area contributed by atoms with Crippen molar-refractivity contribution in [1.29, 1.82) is 0 Å². The van der Waals surface area contributed by atoms with Crippen molar-refractivity contribution in [3.63, 3.8) is 0 Å². The van der Waals surface area contributed by atoms with Crippen LogP contribution in [0.1, 0.15) is 15.9 Å². The Hall–Kier alpha value is -1.33. The quantitative estimate of drug-likeness (QED) is 0.793. The maximum Gasteiger partial charge on any atom is 0.255 e.